The number of nitrogens with zero attached hydrogens (tertiary/aromatic N) is 3. The highest BCUT2D eigenvalue weighted by Gasteiger charge is 2.13. The molecule has 0 radical (unpaired) electrons. The summed E-state index contributed by atoms with van der Waals surface area (Å²) in [4.78, 5) is 10.8. The predicted molar refractivity (Wildman–Crippen MR) is 70.8 cm³/mol. The molecular weight excluding hydrogens is 238 g/mol. The zero-order valence-corrected chi connectivity index (χ0v) is 11.7. The summed E-state index contributed by atoms with van der Waals surface area (Å²) in [5.41, 5.74) is 0. The van der Waals surface area contributed by atoms with Crippen molar-refractivity contribution < 1.29 is 4.74 Å². The van der Waals surface area contributed by atoms with Gasteiger partial charge in [-0.15, -0.1) is 0 Å². The number of aryl methyl sites for hydroxylation is 1. The van der Waals surface area contributed by atoms with Gasteiger partial charge in [-0.05, 0) is 13.3 Å². The first kappa shape index (κ1) is 14.2. The Bertz CT molecular complexity index is 360. The zero-order valence-electron chi connectivity index (χ0n) is 10.9. The summed E-state index contributed by atoms with van der Waals surface area (Å²) >= 11 is 6.00. The first-order valence-electron chi connectivity index (χ1n) is 5.83. The minimum Gasteiger partial charge on any atom is -0.383 e. The van der Waals surface area contributed by atoms with E-state index in [-0.39, 0.29) is 6.04 Å². The minimum atomic E-state index is 0.250. The van der Waals surface area contributed by atoms with Crippen LogP contribution in [0.5, 0.6) is 0 Å². The second-order valence-corrected chi connectivity index (χ2v) is 4.52. The van der Waals surface area contributed by atoms with Crippen LogP contribution in [0.3, 0.4) is 0 Å². The maximum absolute atomic E-state index is 6.00. The lowest BCUT2D eigenvalue weighted by atomic mass is 10.3. The highest BCUT2D eigenvalue weighted by Crippen LogP contribution is 2.17. The quantitative estimate of drug-likeness (QED) is 0.734. The van der Waals surface area contributed by atoms with Crippen molar-refractivity contribution in [2.75, 3.05) is 25.7 Å². The maximum atomic E-state index is 6.00. The Kier molecular flexibility index (Phi) is 5.65. The van der Waals surface area contributed by atoms with Crippen molar-refractivity contribution in [3.8, 4) is 0 Å². The van der Waals surface area contributed by atoms with Gasteiger partial charge in [0.1, 0.15) is 16.8 Å². The van der Waals surface area contributed by atoms with Crippen molar-refractivity contribution >= 4 is 17.4 Å². The number of rotatable bonds is 6. The van der Waals surface area contributed by atoms with Crippen molar-refractivity contribution in [2.45, 2.75) is 32.7 Å². The monoisotopic (exact) mass is 257 g/mol. The fourth-order valence-electron chi connectivity index (χ4n) is 1.55. The van der Waals surface area contributed by atoms with E-state index in [1.165, 1.54) is 0 Å². The largest absolute Gasteiger partial charge is 0.383 e. The standard InChI is InChI=1S/C12H20ClN3O/c1-5-6-11-14-10(13)7-12(15-11)16(3)9(2)8-17-4/h7,9H,5-6,8H2,1-4H3. The van der Waals surface area contributed by atoms with E-state index in [1.807, 2.05) is 7.05 Å². The van der Waals surface area contributed by atoms with Crippen LogP contribution >= 0.6 is 11.6 Å². The molecule has 0 N–H and O–H groups in total. The molecule has 0 aliphatic heterocycles. The van der Waals surface area contributed by atoms with Gasteiger partial charge in [0.25, 0.3) is 0 Å². The molecule has 0 aliphatic carbocycles. The third-order valence-corrected chi connectivity index (χ3v) is 2.83. The fraction of sp³-hybridized carbons (Fsp3) is 0.667. The van der Waals surface area contributed by atoms with Crippen LogP contribution in [0.4, 0.5) is 5.82 Å². The number of anilines is 1. The summed E-state index contributed by atoms with van der Waals surface area (Å²) in [6, 6.07) is 2.04. The summed E-state index contributed by atoms with van der Waals surface area (Å²) < 4.78 is 5.14. The Labute approximate surface area is 108 Å². The number of ether oxygens (including phenoxy) is 1. The number of hydrogen-bond acceptors (Lipinski definition) is 4. The lowest BCUT2D eigenvalue weighted by Gasteiger charge is -2.25. The van der Waals surface area contributed by atoms with Crippen LogP contribution in [0.1, 0.15) is 26.1 Å². The van der Waals surface area contributed by atoms with Gasteiger partial charge in [0.15, 0.2) is 0 Å². The topological polar surface area (TPSA) is 38.2 Å². The predicted octanol–water partition coefficient (Wildman–Crippen LogP) is 2.55. The molecule has 1 atom stereocenters. The normalized spacial score (nSPS) is 12.5. The van der Waals surface area contributed by atoms with Gasteiger partial charge in [-0.3, -0.25) is 0 Å². The Morgan fingerprint density at radius 2 is 2.18 bits per heavy atom. The first-order chi connectivity index (χ1) is 8.08. The summed E-state index contributed by atoms with van der Waals surface area (Å²) in [5.74, 6) is 1.64. The molecule has 1 aromatic heterocycles. The fourth-order valence-corrected chi connectivity index (χ4v) is 1.74. The number of halogens is 1. The van der Waals surface area contributed by atoms with Gasteiger partial charge in [-0.25, -0.2) is 9.97 Å². The molecule has 1 rings (SSSR count). The summed E-state index contributed by atoms with van der Waals surface area (Å²) in [7, 11) is 3.68. The molecule has 1 heterocycles. The molecule has 0 saturated carbocycles. The second kappa shape index (κ2) is 6.77. The van der Waals surface area contributed by atoms with Gasteiger partial charge in [0.05, 0.1) is 12.6 Å². The van der Waals surface area contributed by atoms with E-state index in [0.29, 0.717) is 11.8 Å². The molecular formula is C12H20ClN3O. The van der Waals surface area contributed by atoms with Crippen LogP contribution in [0, 0.1) is 0 Å². The Balaban J connectivity index is 2.88. The average Bonchev–Trinajstić information content (AvgIpc) is 2.28. The SMILES string of the molecule is CCCc1nc(Cl)cc(N(C)C(C)COC)n1. The molecule has 17 heavy (non-hydrogen) atoms. The lowest BCUT2D eigenvalue weighted by Crippen LogP contribution is -2.33. The van der Waals surface area contributed by atoms with E-state index < -0.39 is 0 Å². The van der Waals surface area contributed by atoms with Crippen molar-refractivity contribution in [2.24, 2.45) is 0 Å². The number of hydrogen-bond donors (Lipinski definition) is 0. The molecule has 4 nitrogen and oxygen atoms in total. The van der Waals surface area contributed by atoms with E-state index in [4.69, 9.17) is 16.3 Å². The highest BCUT2D eigenvalue weighted by molar-refractivity contribution is 6.29. The minimum absolute atomic E-state index is 0.250. The third kappa shape index (κ3) is 4.13. The van der Waals surface area contributed by atoms with Crippen LogP contribution in [0.25, 0.3) is 0 Å². The number of methoxy groups -OCH3 is 1. The third-order valence-electron chi connectivity index (χ3n) is 2.63. The molecule has 0 bridgehead atoms. The van der Waals surface area contributed by atoms with E-state index in [2.05, 4.69) is 28.7 Å². The van der Waals surface area contributed by atoms with Crippen LogP contribution in [0.2, 0.25) is 5.15 Å². The van der Waals surface area contributed by atoms with Gasteiger partial charge < -0.3 is 9.64 Å². The van der Waals surface area contributed by atoms with Gasteiger partial charge in [0.2, 0.25) is 0 Å². The number of likely N-dealkylation sites (N-methyl/N-ethyl adjacent to an activating group) is 1. The Hall–Kier alpha value is -0.870. The van der Waals surface area contributed by atoms with Crippen LogP contribution in [-0.4, -0.2) is 36.8 Å². The Morgan fingerprint density at radius 3 is 2.76 bits per heavy atom. The van der Waals surface area contributed by atoms with Gasteiger partial charge in [-0.2, -0.15) is 0 Å². The molecule has 0 aliphatic rings. The maximum Gasteiger partial charge on any atom is 0.134 e. The zero-order chi connectivity index (χ0) is 12.8. The van der Waals surface area contributed by atoms with Crippen LogP contribution in [0.15, 0.2) is 6.07 Å². The Morgan fingerprint density at radius 1 is 1.47 bits per heavy atom. The van der Waals surface area contributed by atoms with Crippen LogP contribution in [-0.2, 0) is 11.2 Å². The lowest BCUT2D eigenvalue weighted by molar-refractivity contribution is 0.183. The molecule has 96 valence electrons. The van der Waals surface area contributed by atoms with Gasteiger partial charge in [0, 0.05) is 26.6 Å². The molecule has 0 amide bonds. The first-order valence-corrected chi connectivity index (χ1v) is 6.21. The van der Waals surface area contributed by atoms with Crippen molar-refractivity contribution in [3.05, 3.63) is 17.0 Å². The molecule has 0 saturated heterocycles. The smallest absolute Gasteiger partial charge is 0.134 e. The van der Waals surface area contributed by atoms with E-state index in [1.54, 1.807) is 13.2 Å². The van der Waals surface area contributed by atoms with Crippen LogP contribution < -0.4 is 4.90 Å². The van der Waals surface area contributed by atoms with E-state index in [0.717, 1.165) is 24.5 Å². The van der Waals surface area contributed by atoms with Gasteiger partial charge >= 0.3 is 0 Å². The summed E-state index contributed by atoms with van der Waals surface area (Å²) in [5, 5.41) is 0.495. The van der Waals surface area contributed by atoms with Gasteiger partial charge in [-0.1, -0.05) is 18.5 Å². The second-order valence-electron chi connectivity index (χ2n) is 4.13. The van der Waals surface area contributed by atoms with E-state index in [9.17, 15) is 0 Å². The van der Waals surface area contributed by atoms with Crippen molar-refractivity contribution in [1.82, 2.24) is 9.97 Å². The molecule has 0 aromatic carbocycles. The highest BCUT2D eigenvalue weighted by atomic mass is 35.5. The average molecular weight is 258 g/mol. The molecule has 1 unspecified atom stereocenters. The van der Waals surface area contributed by atoms with Crippen molar-refractivity contribution in [3.63, 3.8) is 0 Å². The molecule has 1 aromatic rings. The molecule has 0 fully saturated rings. The molecule has 5 heteroatoms. The summed E-state index contributed by atoms with van der Waals surface area (Å²) in [6.45, 7) is 4.83. The molecule has 0 spiro atoms. The van der Waals surface area contributed by atoms with E-state index >= 15 is 0 Å². The number of aromatic nitrogens is 2. The van der Waals surface area contributed by atoms with Crippen molar-refractivity contribution in [1.29, 1.82) is 0 Å². The summed E-state index contributed by atoms with van der Waals surface area (Å²) in [6.07, 6.45) is 1.86.